The van der Waals surface area contributed by atoms with Gasteiger partial charge in [0.2, 0.25) is 0 Å². The van der Waals surface area contributed by atoms with E-state index in [0.717, 1.165) is 0 Å². The molecule has 0 saturated carbocycles. The van der Waals surface area contributed by atoms with Crippen LogP contribution in [0.3, 0.4) is 0 Å². The SMILES string of the molecule is Cc1cccc(C(C)c2ccccc2)c1. The summed E-state index contributed by atoms with van der Waals surface area (Å²) < 4.78 is 0. The first-order valence-electron chi connectivity index (χ1n) is 5.39. The first kappa shape index (κ1) is 9.97. The van der Waals surface area contributed by atoms with Crippen molar-refractivity contribution < 1.29 is 0 Å². The van der Waals surface area contributed by atoms with Crippen molar-refractivity contribution in [3.63, 3.8) is 0 Å². The van der Waals surface area contributed by atoms with Crippen LogP contribution in [0.5, 0.6) is 0 Å². The Morgan fingerprint density at radius 1 is 0.800 bits per heavy atom. The van der Waals surface area contributed by atoms with Crippen LogP contribution in [0, 0.1) is 6.92 Å². The predicted octanol–water partition coefficient (Wildman–Crippen LogP) is 4.15. The van der Waals surface area contributed by atoms with Gasteiger partial charge in [-0.2, -0.15) is 0 Å². The quantitative estimate of drug-likeness (QED) is 0.677. The largest absolute Gasteiger partial charge is 0.0622 e. The normalized spacial score (nSPS) is 12.4. The van der Waals surface area contributed by atoms with Gasteiger partial charge < -0.3 is 0 Å². The summed E-state index contributed by atoms with van der Waals surface area (Å²) in [5, 5.41) is 0. The third-order valence-electron chi connectivity index (χ3n) is 2.84. The Hall–Kier alpha value is -1.56. The molecule has 2 aromatic rings. The number of hydrogen-bond acceptors (Lipinski definition) is 0. The monoisotopic (exact) mass is 196 g/mol. The average molecular weight is 196 g/mol. The van der Waals surface area contributed by atoms with Gasteiger partial charge in [-0.05, 0) is 18.1 Å². The molecular weight excluding hydrogens is 180 g/mol. The van der Waals surface area contributed by atoms with Gasteiger partial charge in [-0.25, -0.2) is 0 Å². The van der Waals surface area contributed by atoms with Crippen molar-refractivity contribution in [2.24, 2.45) is 0 Å². The molecule has 0 nitrogen and oxygen atoms in total. The minimum Gasteiger partial charge on any atom is -0.0622 e. The average Bonchev–Trinajstić information content (AvgIpc) is 2.29. The molecule has 0 spiro atoms. The van der Waals surface area contributed by atoms with Crippen LogP contribution in [-0.2, 0) is 0 Å². The van der Waals surface area contributed by atoms with Gasteiger partial charge in [0.1, 0.15) is 0 Å². The lowest BCUT2D eigenvalue weighted by molar-refractivity contribution is 0.920. The summed E-state index contributed by atoms with van der Waals surface area (Å²) in [6.07, 6.45) is 0. The van der Waals surface area contributed by atoms with E-state index in [1.54, 1.807) is 0 Å². The minimum absolute atomic E-state index is 0.478. The fourth-order valence-corrected chi connectivity index (χ4v) is 1.87. The lowest BCUT2D eigenvalue weighted by Gasteiger charge is -2.12. The van der Waals surface area contributed by atoms with Gasteiger partial charge in [-0.1, -0.05) is 67.1 Å². The summed E-state index contributed by atoms with van der Waals surface area (Å²) in [7, 11) is 0. The lowest BCUT2D eigenvalue weighted by Crippen LogP contribution is -1.95. The van der Waals surface area contributed by atoms with Crippen LogP contribution >= 0.6 is 0 Å². The molecule has 2 rings (SSSR count). The second-order valence-electron chi connectivity index (χ2n) is 4.05. The van der Waals surface area contributed by atoms with Gasteiger partial charge in [0, 0.05) is 5.92 Å². The highest BCUT2D eigenvalue weighted by Gasteiger charge is 2.06. The molecule has 0 N–H and O–H groups in total. The number of rotatable bonds is 2. The molecule has 1 unspecified atom stereocenters. The van der Waals surface area contributed by atoms with Crippen molar-refractivity contribution in [3.8, 4) is 0 Å². The Kier molecular flexibility index (Phi) is 2.86. The lowest BCUT2D eigenvalue weighted by atomic mass is 9.92. The zero-order valence-corrected chi connectivity index (χ0v) is 9.27. The van der Waals surface area contributed by atoms with Crippen LogP contribution in [0.1, 0.15) is 29.5 Å². The van der Waals surface area contributed by atoms with Crippen LogP contribution in [0.15, 0.2) is 54.6 Å². The van der Waals surface area contributed by atoms with E-state index in [-0.39, 0.29) is 0 Å². The molecule has 0 aliphatic heterocycles. The van der Waals surface area contributed by atoms with E-state index in [0.29, 0.717) is 5.92 Å². The van der Waals surface area contributed by atoms with Crippen LogP contribution in [0.25, 0.3) is 0 Å². The number of benzene rings is 2. The molecule has 0 heterocycles. The fraction of sp³-hybridized carbons (Fsp3) is 0.200. The minimum atomic E-state index is 0.478. The molecule has 0 bridgehead atoms. The first-order chi connectivity index (χ1) is 7.27. The highest BCUT2D eigenvalue weighted by atomic mass is 14.1. The van der Waals surface area contributed by atoms with Gasteiger partial charge in [0.05, 0.1) is 0 Å². The van der Waals surface area contributed by atoms with Crippen molar-refractivity contribution in [2.75, 3.05) is 0 Å². The third-order valence-corrected chi connectivity index (χ3v) is 2.84. The highest BCUT2D eigenvalue weighted by Crippen LogP contribution is 2.24. The van der Waals surface area contributed by atoms with Crippen molar-refractivity contribution in [3.05, 3.63) is 71.3 Å². The molecule has 0 amide bonds. The Bertz CT molecular complexity index is 429. The molecule has 0 fully saturated rings. The smallest absolute Gasteiger partial charge is 0.00611 e. The van der Waals surface area contributed by atoms with E-state index in [4.69, 9.17) is 0 Å². The van der Waals surface area contributed by atoms with Gasteiger partial charge >= 0.3 is 0 Å². The van der Waals surface area contributed by atoms with Crippen LogP contribution in [-0.4, -0.2) is 0 Å². The molecule has 1 atom stereocenters. The first-order valence-corrected chi connectivity index (χ1v) is 5.39. The number of hydrogen-bond donors (Lipinski definition) is 0. The van der Waals surface area contributed by atoms with E-state index in [1.807, 2.05) is 0 Å². The summed E-state index contributed by atoms with van der Waals surface area (Å²) in [4.78, 5) is 0. The van der Waals surface area contributed by atoms with Crippen LogP contribution in [0.2, 0.25) is 0 Å². The van der Waals surface area contributed by atoms with E-state index < -0.39 is 0 Å². The Labute approximate surface area is 91.6 Å². The second kappa shape index (κ2) is 4.31. The molecule has 76 valence electrons. The van der Waals surface area contributed by atoms with Crippen molar-refractivity contribution in [1.82, 2.24) is 0 Å². The Balaban J connectivity index is 2.32. The molecule has 0 aliphatic rings. The maximum absolute atomic E-state index is 2.26. The van der Waals surface area contributed by atoms with Crippen LogP contribution in [0.4, 0.5) is 0 Å². The molecule has 0 heteroatoms. The molecule has 0 radical (unpaired) electrons. The molecule has 0 aromatic heterocycles. The highest BCUT2D eigenvalue weighted by molar-refractivity contribution is 5.33. The molecular formula is C15H16. The Morgan fingerprint density at radius 3 is 2.13 bits per heavy atom. The second-order valence-corrected chi connectivity index (χ2v) is 4.05. The maximum atomic E-state index is 2.26. The summed E-state index contributed by atoms with van der Waals surface area (Å²) in [6, 6.07) is 19.4. The molecule has 0 aliphatic carbocycles. The van der Waals surface area contributed by atoms with E-state index in [1.165, 1.54) is 16.7 Å². The van der Waals surface area contributed by atoms with Gasteiger partial charge in [0.25, 0.3) is 0 Å². The van der Waals surface area contributed by atoms with Gasteiger partial charge in [-0.3, -0.25) is 0 Å². The van der Waals surface area contributed by atoms with Crippen molar-refractivity contribution in [1.29, 1.82) is 0 Å². The summed E-state index contributed by atoms with van der Waals surface area (Å²) in [5.74, 6) is 0.478. The topological polar surface area (TPSA) is 0 Å². The van der Waals surface area contributed by atoms with E-state index in [2.05, 4.69) is 68.4 Å². The fourth-order valence-electron chi connectivity index (χ4n) is 1.87. The standard InChI is InChI=1S/C15H16/c1-12-7-6-10-15(11-12)13(2)14-8-4-3-5-9-14/h3-11,13H,1-2H3. The van der Waals surface area contributed by atoms with Gasteiger partial charge in [-0.15, -0.1) is 0 Å². The third kappa shape index (κ3) is 2.27. The van der Waals surface area contributed by atoms with Gasteiger partial charge in [0.15, 0.2) is 0 Å². The van der Waals surface area contributed by atoms with E-state index >= 15 is 0 Å². The summed E-state index contributed by atoms with van der Waals surface area (Å²) in [6.45, 7) is 4.39. The molecule has 15 heavy (non-hydrogen) atoms. The summed E-state index contributed by atoms with van der Waals surface area (Å²) >= 11 is 0. The summed E-state index contributed by atoms with van der Waals surface area (Å²) in [5.41, 5.74) is 4.10. The molecule has 2 aromatic carbocycles. The maximum Gasteiger partial charge on any atom is 0.00611 e. The Morgan fingerprint density at radius 2 is 1.47 bits per heavy atom. The van der Waals surface area contributed by atoms with Crippen molar-refractivity contribution >= 4 is 0 Å². The zero-order valence-electron chi connectivity index (χ0n) is 9.27. The zero-order chi connectivity index (χ0) is 10.7. The molecule has 0 saturated heterocycles. The predicted molar refractivity (Wildman–Crippen MR) is 65.1 cm³/mol. The van der Waals surface area contributed by atoms with Crippen molar-refractivity contribution in [2.45, 2.75) is 19.8 Å². The number of aryl methyl sites for hydroxylation is 1. The van der Waals surface area contributed by atoms with Crippen LogP contribution < -0.4 is 0 Å². The van der Waals surface area contributed by atoms with E-state index in [9.17, 15) is 0 Å².